The molecule has 0 amide bonds. The summed E-state index contributed by atoms with van der Waals surface area (Å²) in [6.07, 6.45) is 3.24. The van der Waals surface area contributed by atoms with E-state index in [-0.39, 0.29) is 19.1 Å². The van der Waals surface area contributed by atoms with Gasteiger partial charge in [0.1, 0.15) is 6.10 Å². The first-order chi connectivity index (χ1) is 15.9. The first-order valence-electron chi connectivity index (χ1n) is 11.9. The first kappa shape index (κ1) is 23.7. The fraction of sp³-hybridized carbons (Fsp3) is 0.481. The van der Waals surface area contributed by atoms with Gasteiger partial charge in [0, 0.05) is 16.3 Å². The Labute approximate surface area is 200 Å². The van der Waals surface area contributed by atoms with Crippen molar-refractivity contribution in [2.75, 3.05) is 18.1 Å². The van der Waals surface area contributed by atoms with Gasteiger partial charge >= 0.3 is 11.9 Å². The van der Waals surface area contributed by atoms with Gasteiger partial charge in [-0.25, -0.2) is 4.79 Å². The number of carbonyl (C=O) groups excluding carboxylic acids is 2. The smallest absolute Gasteiger partial charge is 0.344 e. The van der Waals surface area contributed by atoms with Crippen molar-refractivity contribution in [2.24, 2.45) is 17.8 Å². The fourth-order valence-corrected chi connectivity index (χ4v) is 5.99. The standard InChI is InChI=1S/C27H33NO4S/c1-18(2)20-13-12-19(3)16-23(20)32-27(30)17-31-26(29)14-15-28-21-8-4-6-10-24(21)33-25-11-7-5-9-22(25)28/h4-11,18-20,23H,12-17H2,1-3H3/t19-,20+,23+/m1/s1. The highest BCUT2D eigenvalue weighted by molar-refractivity contribution is 7.99. The minimum absolute atomic E-state index is 0.0844. The summed E-state index contributed by atoms with van der Waals surface area (Å²) in [5.41, 5.74) is 2.17. The Balaban J connectivity index is 1.31. The normalized spacial score (nSPS) is 21.8. The number of hydrogen-bond acceptors (Lipinski definition) is 6. The summed E-state index contributed by atoms with van der Waals surface area (Å²) in [4.78, 5) is 29.4. The molecule has 1 heterocycles. The lowest BCUT2D eigenvalue weighted by molar-refractivity contribution is -0.167. The molecule has 0 saturated heterocycles. The molecule has 0 unspecified atom stereocenters. The Morgan fingerprint density at radius 3 is 2.27 bits per heavy atom. The van der Waals surface area contributed by atoms with Crippen LogP contribution in [0.4, 0.5) is 11.4 Å². The van der Waals surface area contributed by atoms with Crippen molar-refractivity contribution in [2.45, 2.75) is 62.3 Å². The van der Waals surface area contributed by atoms with Crippen LogP contribution in [0.2, 0.25) is 0 Å². The number of para-hydroxylation sites is 2. The van der Waals surface area contributed by atoms with Crippen LogP contribution >= 0.6 is 11.8 Å². The highest BCUT2D eigenvalue weighted by atomic mass is 32.2. The molecule has 0 radical (unpaired) electrons. The predicted molar refractivity (Wildman–Crippen MR) is 131 cm³/mol. The molecule has 5 nitrogen and oxygen atoms in total. The second-order valence-corrected chi connectivity index (χ2v) is 10.5. The lowest BCUT2D eigenvalue weighted by Crippen LogP contribution is -2.37. The fourth-order valence-electron chi connectivity index (χ4n) is 4.89. The molecule has 6 heteroatoms. The first-order valence-corrected chi connectivity index (χ1v) is 12.7. The van der Waals surface area contributed by atoms with Gasteiger partial charge in [-0.3, -0.25) is 4.79 Å². The van der Waals surface area contributed by atoms with E-state index >= 15 is 0 Å². The van der Waals surface area contributed by atoms with E-state index in [1.165, 1.54) is 6.42 Å². The zero-order valence-electron chi connectivity index (χ0n) is 19.7. The molecule has 2 aromatic rings. The quantitative estimate of drug-likeness (QED) is 0.450. The maximum Gasteiger partial charge on any atom is 0.344 e. The molecular weight excluding hydrogens is 434 g/mol. The van der Waals surface area contributed by atoms with Gasteiger partial charge in [-0.1, -0.05) is 63.2 Å². The van der Waals surface area contributed by atoms with E-state index < -0.39 is 11.9 Å². The van der Waals surface area contributed by atoms with Gasteiger partial charge < -0.3 is 14.4 Å². The van der Waals surface area contributed by atoms with Crippen LogP contribution in [0.1, 0.15) is 46.5 Å². The minimum atomic E-state index is -0.446. The molecule has 1 saturated carbocycles. The summed E-state index contributed by atoms with van der Waals surface area (Å²) in [6, 6.07) is 16.4. The Bertz CT molecular complexity index is 946. The zero-order chi connectivity index (χ0) is 23.4. The molecule has 0 spiro atoms. The van der Waals surface area contributed by atoms with Crippen LogP contribution in [0.5, 0.6) is 0 Å². The molecule has 0 aromatic heterocycles. The highest BCUT2D eigenvalue weighted by Gasteiger charge is 2.33. The van der Waals surface area contributed by atoms with Crippen LogP contribution in [-0.2, 0) is 19.1 Å². The van der Waals surface area contributed by atoms with Gasteiger partial charge in [-0.05, 0) is 54.9 Å². The Kier molecular flexibility index (Phi) is 7.63. The molecule has 0 N–H and O–H groups in total. The van der Waals surface area contributed by atoms with E-state index in [0.29, 0.717) is 24.3 Å². The van der Waals surface area contributed by atoms with E-state index in [4.69, 9.17) is 9.47 Å². The van der Waals surface area contributed by atoms with Crippen molar-refractivity contribution >= 4 is 35.1 Å². The second kappa shape index (κ2) is 10.6. The number of rotatable bonds is 7. The summed E-state index contributed by atoms with van der Waals surface area (Å²) in [7, 11) is 0. The molecule has 2 aliphatic rings. The van der Waals surface area contributed by atoms with Crippen molar-refractivity contribution in [1.29, 1.82) is 0 Å². The van der Waals surface area contributed by atoms with Gasteiger partial charge in [0.05, 0.1) is 17.8 Å². The molecule has 4 rings (SSSR count). The average Bonchev–Trinajstić information content (AvgIpc) is 2.80. The molecule has 1 aliphatic heterocycles. The van der Waals surface area contributed by atoms with Crippen molar-refractivity contribution in [1.82, 2.24) is 0 Å². The van der Waals surface area contributed by atoms with Gasteiger partial charge in [0.2, 0.25) is 0 Å². The lowest BCUT2D eigenvalue weighted by Gasteiger charge is -2.36. The van der Waals surface area contributed by atoms with Crippen LogP contribution < -0.4 is 4.90 Å². The molecule has 3 atom stereocenters. The third-order valence-corrected chi connectivity index (χ3v) is 7.80. The van der Waals surface area contributed by atoms with Crippen LogP contribution in [0.25, 0.3) is 0 Å². The van der Waals surface area contributed by atoms with E-state index in [1.54, 1.807) is 11.8 Å². The largest absolute Gasteiger partial charge is 0.460 e. The average molecular weight is 468 g/mol. The molecular formula is C27H33NO4S. The molecule has 1 fully saturated rings. The number of carbonyl (C=O) groups is 2. The number of anilines is 2. The number of benzene rings is 2. The number of fused-ring (bicyclic) bond motifs is 2. The summed E-state index contributed by atoms with van der Waals surface area (Å²) in [5.74, 6) is 0.550. The SMILES string of the molecule is CC(C)[C@@H]1CC[C@@H](C)C[C@@H]1OC(=O)COC(=O)CCN1c2ccccc2Sc2ccccc21. The van der Waals surface area contributed by atoms with Crippen LogP contribution in [-0.4, -0.2) is 31.2 Å². The van der Waals surface area contributed by atoms with Crippen LogP contribution in [0.15, 0.2) is 58.3 Å². The third kappa shape index (κ3) is 5.72. The van der Waals surface area contributed by atoms with Gasteiger partial charge in [0.15, 0.2) is 6.61 Å². The highest BCUT2D eigenvalue weighted by Crippen LogP contribution is 2.47. The van der Waals surface area contributed by atoms with Gasteiger partial charge in [0.25, 0.3) is 0 Å². The van der Waals surface area contributed by atoms with E-state index in [2.05, 4.69) is 49.9 Å². The minimum Gasteiger partial charge on any atom is -0.460 e. The molecule has 176 valence electrons. The Morgan fingerprint density at radius 2 is 1.64 bits per heavy atom. The van der Waals surface area contributed by atoms with Gasteiger partial charge in [-0.2, -0.15) is 0 Å². The molecule has 0 bridgehead atoms. The van der Waals surface area contributed by atoms with E-state index in [9.17, 15) is 9.59 Å². The number of ether oxygens (including phenoxy) is 2. The number of nitrogens with zero attached hydrogens (tertiary/aromatic N) is 1. The van der Waals surface area contributed by atoms with Gasteiger partial charge in [-0.15, -0.1) is 0 Å². The number of esters is 2. The van der Waals surface area contributed by atoms with Crippen molar-refractivity contribution in [3.8, 4) is 0 Å². The van der Waals surface area contributed by atoms with E-state index in [0.717, 1.165) is 34.0 Å². The summed E-state index contributed by atoms with van der Waals surface area (Å²) >= 11 is 1.73. The lowest BCUT2D eigenvalue weighted by atomic mass is 9.75. The Hall–Kier alpha value is -2.47. The maximum atomic E-state index is 12.5. The molecule has 2 aromatic carbocycles. The molecule has 1 aliphatic carbocycles. The summed E-state index contributed by atoms with van der Waals surface area (Å²) in [6.45, 7) is 6.72. The summed E-state index contributed by atoms with van der Waals surface area (Å²) < 4.78 is 11.0. The Morgan fingerprint density at radius 1 is 1.00 bits per heavy atom. The van der Waals surface area contributed by atoms with E-state index in [1.807, 2.05) is 24.3 Å². The van der Waals surface area contributed by atoms with Crippen molar-refractivity contribution < 1.29 is 19.1 Å². The zero-order valence-corrected chi connectivity index (χ0v) is 20.5. The summed E-state index contributed by atoms with van der Waals surface area (Å²) in [5, 5.41) is 0. The number of hydrogen-bond donors (Lipinski definition) is 0. The topological polar surface area (TPSA) is 55.8 Å². The molecule has 33 heavy (non-hydrogen) atoms. The van der Waals surface area contributed by atoms with Crippen molar-refractivity contribution in [3.05, 3.63) is 48.5 Å². The second-order valence-electron chi connectivity index (χ2n) is 9.45. The van der Waals surface area contributed by atoms with Crippen LogP contribution in [0.3, 0.4) is 0 Å². The monoisotopic (exact) mass is 467 g/mol. The van der Waals surface area contributed by atoms with Crippen molar-refractivity contribution in [3.63, 3.8) is 0 Å². The van der Waals surface area contributed by atoms with Crippen LogP contribution in [0, 0.1) is 17.8 Å². The predicted octanol–water partition coefficient (Wildman–Crippen LogP) is 6.23. The maximum absolute atomic E-state index is 12.5. The third-order valence-electron chi connectivity index (χ3n) is 6.67.